The first kappa shape index (κ1) is 13.5. The van der Waals surface area contributed by atoms with Gasteiger partial charge in [-0.25, -0.2) is 0 Å². The van der Waals surface area contributed by atoms with Gasteiger partial charge in [-0.1, -0.05) is 13.8 Å². The second-order valence-corrected chi connectivity index (χ2v) is 6.91. The monoisotopic (exact) mass is 272 g/mol. The lowest BCUT2D eigenvalue weighted by molar-refractivity contribution is 0.271. The molecule has 2 N–H and O–H groups in total. The van der Waals surface area contributed by atoms with Crippen LogP contribution in [-0.4, -0.2) is 4.57 Å². The largest absolute Gasteiger partial charge is 0.469 e. The summed E-state index contributed by atoms with van der Waals surface area (Å²) in [7, 11) is 0. The number of aromatic nitrogens is 1. The summed E-state index contributed by atoms with van der Waals surface area (Å²) in [5.41, 5.74) is 9.36. The van der Waals surface area contributed by atoms with E-state index in [0.717, 1.165) is 25.0 Å². The molecule has 0 saturated heterocycles. The highest BCUT2D eigenvalue weighted by molar-refractivity contribution is 5.30. The lowest BCUT2D eigenvalue weighted by Crippen LogP contribution is -2.31. The van der Waals surface area contributed by atoms with Crippen molar-refractivity contribution in [1.29, 1.82) is 0 Å². The van der Waals surface area contributed by atoms with E-state index in [4.69, 9.17) is 10.2 Å². The second-order valence-electron chi connectivity index (χ2n) is 6.91. The van der Waals surface area contributed by atoms with Crippen LogP contribution < -0.4 is 5.73 Å². The first-order valence-electron chi connectivity index (χ1n) is 7.44. The van der Waals surface area contributed by atoms with Crippen molar-refractivity contribution in [3.05, 3.63) is 47.7 Å². The number of hydrogen-bond donors (Lipinski definition) is 1. The Labute approximate surface area is 120 Å². The summed E-state index contributed by atoms with van der Waals surface area (Å²) in [4.78, 5) is 0. The average molecular weight is 272 g/mol. The quantitative estimate of drug-likeness (QED) is 0.922. The van der Waals surface area contributed by atoms with Gasteiger partial charge in [0.1, 0.15) is 5.76 Å². The van der Waals surface area contributed by atoms with Crippen LogP contribution in [0.15, 0.2) is 35.1 Å². The fourth-order valence-corrected chi connectivity index (χ4v) is 3.49. The SMILES string of the molecule is CC(Cc1ccco1)n1ccc2c1CC(C)(C)CC2N. The molecule has 2 aromatic heterocycles. The van der Waals surface area contributed by atoms with Crippen LogP contribution in [0.1, 0.15) is 56.3 Å². The van der Waals surface area contributed by atoms with Crippen LogP contribution >= 0.6 is 0 Å². The van der Waals surface area contributed by atoms with Crippen molar-refractivity contribution in [2.24, 2.45) is 11.1 Å². The molecule has 2 aromatic rings. The van der Waals surface area contributed by atoms with Crippen LogP contribution in [-0.2, 0) is 12.8 Å². The van der Waals surface area contributed by atoms with E-state index in [-0.39, 0.29) is 11.5 Å². The van der Waals surface area contributed by atoms with Crippen LogP contribution in [0.2, 0.25) is 0 Å². The van der Waals surface area contributed by atoms with E-state index in [0.29, 0.717) is 6.04 Å². The molecule has 3 heteroatoms. The molecule has 20 heavy (non-hydrogen) atoms. The molecule has 0 aliphatic heterocycles. The standard InChI is InChI=1S/C17H24N2O/c1-12(9-13-5-4-8-20-13)19-7-6-14-15(18)10-17(2,3)11-16(14)19/h4-8,12,15H,9-11,18H2,1-3H3. The Morgan fingerprint density at radius 3 is 2.95 bits per heavy atom. The second kappa shape index (κ2) is 4.81. The van der Waals surface area contributed by atoms with Crippen LogP contribution in [0.4, 0.5) is 0 Å². The van der Waals surface area contributed by atoms with Gasteiger partial charge < -0.3 is 14.7 Å². The Morgan fingerprint density at radius 2 is 2.25 bits per heavy atom. The van der Waals surface area contributed by atoms with Crippen molar-refractivity contribution < 1.29 is 4.42 Å². The van der Waals surface area contributed by atoms with E-state index in [1.807, 2.05) is 12.1 Å². The van der Waals surface area contributed by atoms with Crippen molar-refractivity contribution in [2.75, 3.05) is 0 Å². The maximum absolute atomic E-state index is 6.34. The third-order valence-corrected chi connectivity index (χ3v) is 4.43. The number of furan rings is 1. The van der Waals surface area contributed by atoms with Crippen LogP contribution in [0.3, 0.4) is 0 Å². The first-order chi connectivity index (χ1) is 9.46. The molecule has 2 atom stereocenters. The first-order valence-corrected chi connectivity index (χ1v) is 7.44. The molecule has 108 valence electrons. The van der Waals surface area contributed by atoms with Gasteiger partial charge >= 0.3 is 0 Å². The number of hydrogen-bond acceptors (Lipinski definition) is 2. The minimum Gasteiger partial charge on any atom is -0.469 e. The Hall–Kier alpha value is -1.48. The normalized spacial score (nSPS) is 22.5. The van der Waals surface area contributed by atoms with Gasteiger partial charge in [0.25, 0.3) is 0 Å². The summed E-state index contributed by atoms with van der Waals surface area (Å²) in [6, 6.07) is 6.76. The molecule has 3 rings (SSSR count). The van der Waals surface area contributed by atoms with E-state index < -0.39 is 0 Å². The zero-order valence-corrected chi connectivity index (χ0v) is 12.6. The molecule has 1 aliphatic rings. The molecule has 0 saturated carbocycles. The molecule has 0 bridgehead atoms. The van der Waals surface area contributed by atoms with Crippen molar-refractivity contribution >= 4 is 0 Å². The Kier molecular flexibility index (Phi) is 3.25. The highest BCUT2D eigenvalue weighted by Gasteiger charge is 2.33. The molecule has 0 fully saturated rings. The molecule has 0 spiro atoms. The molecule has 2 heterocycles. The Balaban J connectivity index is 1.88. The van der Waals surface area contributed by atoms with Gasteiger partial charge in [-0.15, -0.1) is 0 Å². The van der Waals surface area contributed by atoms with E-state index in [1.54, 1.807) is 6.26 Å². The average Bonchev–Trinajstić information content (AvgIpc) is 2.96. The van der Waals surface area contributed by atoms with Gasteiger partial charge in [-0.05, 0) is 48.9 Å². The molecule has 3 nitrogen and oxygen atoms in total. The maximum Gasteiger partial charge on any atom is 0.105 e. The van der Waals surface area contributed by atoms with E-state index >= 15 is 0 Å². The van der Waals surface area contributed by atoms with Gasteiger partial charge in [0.15, 0.2) is 0 Å². The molecule has 1 aliphatic carbocycles. The predicted molar refractivity (Wildman–Crippen MR) is 80.6 cm³/mol. The summed E-state index contributed by atoms with van der Waals surface area (Å²) < 4.78 is 7.86. The predicted octanol–water partition coefficient (Wildman–Crippen LogP) is 3.86. The molecular formula is C17H24N2O. The fraction of sp³-hybridized carbons (Fsp3) is 0.529. The molecular weight excluding hydrogens is 248 g/mol. The molecule has 2 unspecified atom stereocenters. The third kappa shape index (κ3) is 2.42. The summed E-state index contributed by atoms with van der Waals surface area (Å²) in [6.45, 7) is 6.87. The van der Waals surface area contributed by atoms with E-state index in [2.05, 4.69) is 37.6 Å². The Morgan fingerprint density at radius 1 is 1.45 bits per heavy atom. The van der Waals surface area contributed by atoms with Gasteiger partial charge in [0.2, 0.25) is 0 Å². The summed E-state index contributed by atoms with van der Waals surface area (Å²) in [5.74, 6) is 1.04. The van der Waals surface area contributed by atoms with Crippen molar-refractivity contribution in [2.45, 2.75) is 52.1 Å². The zero-order valence-electron chi connectivity index (χ0n) is 12.6. The smallest absolute Gasteiger partial charge is 0.105 e. The third-order valence-electron chi connectivity index (χ3n) is 4.43. The van der Waals surface area contributed by atoms with Crippen molar-refractivity contribution in [3.8, 4) is 0 Å². The fourth-order valence-electron chi connectivity index (χ4n) is 3.49. The summed E-state index contributed by atoms with van der Waals surface area (Å²) >= 11 is 0. The topological polar surface area (TPSA) is 44.1 Å². The van der Waals surface area contributed by atoms with E-state index in [9.17, 15) is 0 Å². The lowest BCUT2D eigenvalue weighted by Gasteiger charge is -2.35. The van der Waals surface area contributed by atoms with Crippen molar-refractivity contribution in [3.63, 3.8) is 0 Å². The highest BCUT2D eigenvalue weighted by Crippen LogP contribution is 2.41. The minimum atomic E-state index is 0.172. The van der Waals surface area contributed by atoms with Gasteiger partial charge in [0.05, 0.1) is 6.26 Å². The van der Waals surface area contributed by atoms with Crippen LogP contribution in [0.25, 0.3) is 0 Å². The van der Waals surface area contributed by atoms with Gasteiger partial charge in [0, 0.05) is 30.4 Å². The summed E-state index contributed by atoms with van der Waals surface area (Å²) in [6.07, 6.45) is 7.03. The number of nitrogens with two attached hydrogens (primary N) is 1. The van der Waals surface area contributed by atoms with Crippen molar-refractivity contribution in [1.82, 2.24) is 4.57 Å². The Bertz CT molecular complexity index is 580. The lowest BCUT2D eigenvalue weighted by atomic mass is 9.74. The zero-order chi connectivity index (χ0) is 14.3. The number of nitrogens with zero attached hydrogens (tertiary/aromatic N) is 1. The van der Waals surface area contributed by atoms with Gasteiger partial charge in [-0.2, -0.15) is 0 Å². The summed E-state index contributed by atoms with van der Waals surface area (Å²) in [5, 5.41) is 0. The van der Waals surface area contributed by atoms with Crippen LogP contribution in [0.5, 0.6) is 0 Å². The maximum atomic E-state index is 6.34. The molecule has 0 aromatic carbocycles. The number of fused-ring (bicyclic) bond motifs is 1. The van der Waals surface area contributed by atoms with E-state index in [1.165, 1.54) is 11.3 Å². The van der Waals surface area contributed by atoms with Gasteiger partial charge in [-0.3, -0.25) is 0 Å². The van der Waals surface area contributed by atoms with Crippen LogP contribution in [0, 0.1) is 5.41 Å². The molecule has 0 amide bonds. The highest BCUT2D eigenvalue weighted by atomic mass is 16.3. The number of rotatable bonds is 3. The minimum absolute atomic E-state index is 0.172. The molecule has 0 radical (unpaired) electrons.